The molecule has 96 valence electrons. The van der Waals surface area contributed by atoms with Crippen molar-refractivity contribution in [3.8, 4) is 0 Å². The molecular weight excluding hydrogens is 324 g/mol. The van der Waals surface area contributed by atoms with Gasteiger partial charge in [-0.1, -0.05) is 33.6 Å². The van der Waals surface area contributed by atoms with Crippen LogP contribution in [0.5, 0.6) is 0 Å². The lowest BCUT2D eigenvalue weighted by Gasteiger charge is -2.20. The van der Waals surface area contributed by atoms with E-state index in [0.717, 1.165) is 16.7 Å². The van der Waals surface area contributed by atoms with Gasteiger partial charge in [-0.25, -0.2) is 8.42 Å². The van der Waals surface area contributed by atoms with Gasteiger partial charge in [0.25, 0.3) is 0 Å². The second-order valence-electron chi connectivity index (χ2n) is 4.39. The van der Waals surface area contributed by atoms with Gasteiger partial charge >= 0.3 is 0 Å². The zero-order valence-electron chi connectivity index (χ0n) is 10.3. The van der Waals surface area contributed by atoms with Gasteiger partial charge in [-0.05, 0) is 43.5 Å². The number of aryl methyl sites for hydroxylation is 2. The van der Waals surface area contributed by atoms with Gasteiger partial charge in [0.05, 0.1) is 10.1 Å². The molecule has 0 saturated carbocycles. The number of benzene rings is 1. The SMILES string of the molecule is Cc1cc(C(Br)C(C)S(C)(=O)=O)c(C)cc1Cl. The molecule has 1 rings (SSSR count). The number of rotatable bonds is 3. The molecule has 0 heterocycles. The van der Waals surface area contributed by atoms with E-state index in [2.05, 4.69) is 15.9 Å². The van der Waals surface area contributed by atoms with Gasteiger partial charge in [0.1, 0.15) is 0 Å². The first-order chi connectivity index (χ1) is 7.64. The van der Waals surface area contributed by atoms with Gasteiger partial charge in [0.2, 0.25) is 0 Å². The predicted octanol–water partition coefficient (Wildman–Crippen LogP) is 3.83. The topological polar surface area (TPSA) is 34.1 Å². The van der Waals surface area contributed by atoms with Crippen molar-refractivity contribution in [2.75, 3.05) is 6.26 Å². The largest absolute Gasteiger partial charge is 0.229 e. The molecule has 2 atom stereocenters. The molecule has 2 unspecified atom stereocenters. The summed E-state index contributed by atoms with van der Waals surface area (Å²) >= 11 is 9.50. The quantitative estimate of drug-likeness (QED) is 0.784. The first-order valence-corrected chi connectivity index (χ1v) is 8.49. The third-order valence-electron chi connectivity index (χ3n) is 2.93. The summed E-state index contributed by atoms with van der Waals surface area (Å²) in [5, 5.41) is 0.236. The first kappa shape index (κ1) is 15.0. The first-order valence-electron chi connectivity index (χ1n) is 5.24. The Morgan fingerprint density at radius 2 is 1.76 bits per heavy atom. The molecule has 5 heteroatoms. The average molecular weight is 340 g/mol. The lowest BCUT2D eigenvalue weighted by molar-refractivity contribution is 0.588. The summed E-state index contributed by atoms with van der Waals surface area (Å²) in [5.41, 5.74) is 2.93. The van der Waals surface area contributed by atoms with Crippen LogP contribution in [0.3, 0.4) is 0 Å². The van der Waals surface area contributed by atoms with Crippen LogP contribution in [-0.4, -0.2) is 19.9 Å². The minimum Gasteiger partial charge on any atom is -0.229 e. The van der Waals surface area contributed by atoms with Crippen LogP contribution in [0, 0.1) is 13.8 Å². The van der Waals surface area contributed by atoms with Crippen molar-refractivity contribution in [3.05, 3.63) is 33.8 Å². The molecule has 0 spiro atoms. The van der Waals surface area contributed by atoms with E-state index in [9.17, 15) is 8.42 Å². The van der Waals surface area contributed by atoms with Crippen LogP contribution < -0.4 is 0 Å². The summed E-state index contributed by atoms with van der Waals surface area (Å²) in [6, 6.07) is 3.81. The molecular formula is C12H16BrClO2S. The van der Waals surface area contributed by atoms with Crippen molar-refractivity contribution in [1.29, 1.82) is 0 Å². The highest BCUT2D eigenvalue weighted by atomic mass is 79.9. The average Bonchev–Trinajstić information content (AvgIpc) is 2.20. The second-order valence-corrected chi connectivity index (χ2v) is 8.19. The summed E-state index contributed by atoms with van der Waals surface area (Å²) in [5.74, 6) is 0. The van der Waals surface area contributed by atoms with Gasteiger partial charge in [-0.15, -0.1) is 0 Å². The van der Waals surface area contributed by atoms with E-state index in [1.807, 2.05) is 26.0 Å². The van der Waals surface area contributed by atoms with Gasteiger partial charge < -0.3 is 0 Å². The Hall–Kier alpha value is -0.0600. The highest BCUT2D eigenvalue weighted by molar-refractivity contribution is 9.09. The maximum Gasteiger partial charge on any atom is 0.151 e. The van der Waals surface area contributed by atoms with E-state index in [1.165, 1.54) is 6.26 Å². The van der Waals surface area contributed by atoms with Gasteiger partial charge in [-0.2, -0.15) is 0 Å². The third-order valence-corrected chi connectivity index (χ3v) is 6.60. The highest BCUT2D eigenvalue weighted by Crippen LogP contribution is 2.34. The summed E-state index contributed by atoms with van der Waals surface area (Å²) in [6.45, 7) is 5.55. The molecule has 0 fully saturated rings. The molecule has 17 heavy (non-hydrogen) atoms. The normalized spacial score (nSPS) is 15.6. The maximum absolute atomic E-state index is 11.6. The van der Waals surface area contributed by atoms with Crippen molar-refractivity contribution in [1.82, 2.24) is 0 Å². The van der Waals surface area contributed by atoms with Gasteiger partial charge in [-0.3, -0.25) is 0 Å². The number of sulfone groups is 1. The van der Waals surface area contributed by atoms with E-state index in [-0.39, 0.29) is 4.83 Å². The summed E-state index contributed by atoms with van der Waals surface area (Å²) in [7, 11) is -3.07. The zero-order chi connectivity index (χ0) is 13.4. The van der Waals surface area contributed by atoms with E-state index in [4.69, 9.17) is 11.6 Å². The molecule has 0 N–H and O–H groups in total. The standard InChI is InChI=1S/C12H16BrClO2S/c1-7-6-11(14)8(2)5-10(7)12(13)9(3)17(4,15)16/h5-6,9,12H,1-4H3. The van der Waals surface area contributed by atoms with E-state index in [1.54, 1.807) is 6.92 Å². The lowest BCUT2D eigenvalue weighted by atomic mass is 10.0. The summed E-state index contributed by atoms with van der Waals surface area (Å²) < 4.78 is 23.1. The van der Waals surface area contributed by atoms with Crippen molar-refractivity contribution < 1.29 is 8.42 Å². The van der Waals surface area contributed by atoms with Crippen LogP contribution in [0.2, 0.25) is 5.02 Å². The molecule has 0 radical (unpaired) electrons. The molecule has 0 aromatic heterocycles. The summed E-state index contributed by atoms with van der Waals surface area (Å²) in [6.07, 6.45) is 1.25. The third kappa shape index (κ3) is 3.46. The molecule has 0 aliphatic heterocycles. The fraction of sp³-hybridized carbons (Fsp3) is 0.500. The Morgan fingerprint density at radius 3 is 2.24 bits per heavy atom. The van der Waals surface area contributed by atoms with E-state index < -0.39 is 15.1 Å². The molecule has 0 aliphatic rings. The number of hydrogen-bond donors (Lipinski definition) is 0. The van der Waals surface area contributed by atoms with Crippen molar-refractivity contribution >= 4 is 37.4 Å². The Bertz CT molecular complexity index is 526. The van der Waals surface area contributed by atoms with Crippen LogP contribution in [0.25, 0.3) is 0 Å². The minimum atomic E-state index is -3.07. The molecule has 1 aromatic carbocycles. The highest BCUT2D eigenvalue weighted by Gasteiger charge is 2.26. The van der Waals surface area contributed by atoms with Gasteiger partial charge in [0.15, 0.2) is 9.84 Å². The molecule has 0 saturated heterocycles. The van der Waals surface area contributed by atoms with Gasteiger partial charge in [0, 0.05) is 11.3 Å². The smallest absolute Gasteiger partial charge is 0.151 e. The Balaban J connectivity index is 3.22. The number of halogens is 2. The fourth-order valence-electron chi connectivity index (χ4n) is 1.57. The predicted molar refractivity (Wildman–Crippen MR) is 76.9 cm³/mol. The van der Waals surface area contributed by atoms with E-state index in [0.29, 0.717) is 5.02 Å². The monoisotopic (exact) mass is 338 g/mol. The Kier molecular flexibility index (Phi) is 4.67. The fourth-order valence-corrected chi connectivity index (χ4v) is 4.04. The molecule has 0 bridgehead atoms. The number of alkyl halides is 1. The van der Waals surface area contributed by atoms with Crippen LogP contribution in [0.15, 0.2) is 12.1 Å². The van der Waals surface area contributed by atoms with Crippen LogP contribution >= 0.6 is 27.5 Å². The van der Waals surface area contributed by atoms with Crippen LogP contribution in [0.4, 0.5) is 0 Å². The van der Waals surface area contributed by atoms with Crippen molar-refractivity contribution in [2.45, 2.75) is 30.8 Å². The maximum atomic E-state index is 11.6. The number of hydrogen-bond acceptors (Lipinski definition) is 2. The zero-order valence-corrected chi connectivity index (χ0v) is 13.4. The van der Waals surface area contributed by atoms with Crippen LogP contribution in [-0.2, 0) is 9.84 Å². The Labute approximate surface area is 116 Å². The lowest BCUT2D eigenvalue weighted by Crippen LogP contribution is -2.21. The van der Waals surface area contributed by atoms with Crippen LogP contribution in [0.1, 0.15) is 28.4 Å². The molecule has 0 aliphatic carbocycles. The molecule has 0 amide bonds. The molecule has 2 nitrogen and oxygen atoms in total. The summed E-state index contributed by atoms with van der Waals surface area (Å²) in [4.78, 5) is -0.214. The second kappa shape index (κ2) is 5.29. The molecule has 1 aromatic rings. The van der Waals surface area contributed by atoms with E-state index >= 15 is 0 Å². The Morgan fingerprint density at radius 1 is 1.24 bits per heavy atom. The van der Waals surface area contributed by atoms with Crippen molar-refractivity contribution in [2.24, 2.45) is 0 Å². The van der Waals surface area contributed by atoms with Crippen molar-refractivity contribution in [3.63, 3.8) is 0 Å². The minimum absolute atomic E-state index is 0.214.